The first-order chi connectivity index (χ1) is 10.9. The molecule has 14 heteroatoms. The van der Waals surface area contributed by atoms with E-state index in [4.69, 9.17) is 4.55 Å². The molecule has 0 aromatic carbocycles. The van der Waals surface area contributed by atoms with Gasteiger partial charge in [0.25, 0.3) is 10.1 Å². The molecule has 0 aromatic heterocycles. The Labute approximate surface area is 138 Å². The van der Waals surface area contributed by atoms with Crippen LogP contribution in [0, 0.1) is 5.92 Å². The highest BCUT2D eigenvalue weighted by atomic mass is 32.2. The number of carbonyl (C=O) groups excluding carboxylic acids is 1. The van der Waals surface area contributed by atoms with Crippen molar-refractivity contribution in [1.29, 1.82) is 0 Å². The molecule has 0 aliphatic heterocycles. The highest BCUT2D eigenvalue weighted by molar-refractivity contribution is 7.85. The molecule has 25 heavy (non-hydrogen) atoms. The van der Waals surface area contributed by atoms with Crippen LogP contribution in [0.2, 0.25) is 0 Å². The number of hydrogen-bond acceptors (Lipinski definition) is 6. The van der Waals surface area contributed by atoms with Gasteiger partial charge in [0.05, 0.1) is 13.0 Å². The number of aliphatic hydroxyl groups excluding tert-OH is 1. The molecule has 1 atom stereocenters. The summed E-state index contributed by atoms with van der Waals surface area (Å²) >= 11 is 0. The Morgan fingerprint density at radius 3 is 1.84 bits per heavy atom. The molecule has 7 nitrogen and oxygen atoms in total. The van der Waals surface area contributed by atoms with Gasteiger partial charge in [-0.1, -0.05) is 13.8 Å². The van der Waals surface area contributed by atoms with Gasteiger partial charge in [-0.05, 0) is 0 Å². The Bertz CT molecular complexity index is 540. The molecule has 0 radical (unpaired) electrons. The Balaban J connectivity index is 5.41. The first-order valence-corrected chi connectivity index (χ1v) is 8.14. The van der Waals surface area contributed by atoms with E-state index in [0.29, 0.717) is 0 Å². The lowest BCUT2D eigenvalue weighted by Crippen LogP contribution is -2.63. The monoisotopic (exact) mass is 406 g/mol. The van der Waals surface area contributed by atoms with Crippen LogP contribution in [0.4, 0.5) is 26.3 Å². The molecular weight excluding hydrogens is 390 g/mol. The fourth-order valence-corrected chi connectivity index (χ4v) is 2.33. The Hall–Kier alpha value is -1.12. The largest absolute Gasteiger partial charge is 0.438 e. The van der Waals surface area contributed by atoms with Gasteiger partial charge in [0.15, 0.2) is 6.29 Å². The van der Waals surface area contributed by atoms with Crippen molar-refractivity contribution in [2.45, 2.75) is 44.5 Å². The number of hydrogen-bond donors (Lipinski definition) is 2. The molecular formula is C11H16F6O7S. The minimum Gasteiger partial charge on any atom is -0.438 e. The molecule has 0 aromatic rings. The van der Waals surface area contributed by atoms with E-state index >= 15 is 0 Å². The van der Waals surface area contributed by atoms with Crippen molar-refractivity contribution in [1.82, 2.24) is 0 Å². The third kappa shape index (κ3) is 6.95. The van der Waals surface area contributed by atoms with E-state index in [1.807, 2.05) is 0 Å². The summed E-state index contributed by atoms with van der Waals surface area (Å²) in [5.74, 6) is -5.51. The van der Waals surface area contributed by atoms with Crippen LogP contribution in [-0.4, -0.2) is 60.6 Å². The van der Waals surface area contributed by atoms with E-state index in [0.717, 1.165) is 0 Å². The predicted octanol–water partition coefficient (Wildman–Crippen LogP) is 1.66. The number of alkyl halides is 6. The van der Waals surface area contributed by atoms with Gasteiger partial charge in [-0.2, -0.15) is 34.8 Å². The second-order valence-electron chi connectivity index (χ2n) is 5.28. The number of rotatable bonds is 8. The topological polar surface area (TPSA) is 110 Å². The van der Waals surface area contributed by atoms with Crippen molar-refractivity contribution in [3.8, 4) is 0 Å². The van der Waals surface area contributed by atoms with Crippen LogP contribution in [0.15, 0.2) is 0 Å². The van der Waals surface area contributed by atoms with Crippen LogP contribution < -0.4 is 0 Å². The highest BCUT2D eigenvalue weighted by Crippen LogP contribution is 2.46. The van der Waals surface area contributed by atoms with E-state index in [9.17, 15) is 44.7 Å². The molecule has 0 heterocycles. The summed E-state index contributed by atoms with van der Waals surface area (Å²) < 4.78 is 115. The molecule has 0 unspecified atom stereocenters. The average Bonchev–Trinajstić information content (AvgIpc) is 2.33. The van der Waals surface area contributed by atoms with E-state index < -0.39 is 65.0 Å². The van der Waals surface area contributed by atoms with Crippen LogP contribution in [0.3, 0.4) is 0 Å². The summed E-state index contributed by atoms with van der Waals surface area (Å²) in [6.45, 7) is 2.18. The summed E-state index contributed by atoms with van der Waals surface area (Å²) in [6.07, 6.45) is -15.3. The zero-order valence-electron chi connectivity index (χ0n) is 12.9. The summed E-state index contributed by atoms with van der Waals surface area (Å²) in [6, 6.07) is 0. The van der Waals surface area contributed by atoms with Crippen molar-refractivity contribution >= 4 is 16.1 Å². The van der Waals surface area contributed by atoms with Crippen LogP contribution in [0.5, 0.6) is 0 Å². The van der Waals surface area contributed by atoms with Crippen LogP contribution in [0.25, 0.3) is 0 Å². The van der Waals surface area contributed by atoms with Gasteiger partial charge in [-0.15, -0.1) is 0 Å². The van der Waals surface area contributed by atoms with Gasteiger partial charge in [-0.3, -0.25) is 9.35 Å². The smallest absolute Gasteiger partial charge is 0.438 e. The van der Waals surface area contributed by atoms with Crippen molar-refractivity contribution < 1.29 is 58.7 Å². The second kappa shape index (κ2) is 8.05. The number of halogens is 6. The summed E-state index contributed by atoms with van der Waals surface area (Å²) in [5, 5.41) is 9.24. The van der Waals surface area contributed by atoms with E-state index in [1.54, 1.807) is 0 Å². The first kappa shape index (κ1) is 23.9. The maximum atomic E-state index is 12.9. The average molecular weight is 406 g/mol. The maximum Gasteiger partial charge on any atom is 0.438 e. The normalized spacial score (nSPS) is 15.3. The van der Waals surface area contributed by atoms with Gasteiger partial charge >= 0.3 is 23.9 Å². The maximum absolute atomic E-state index is 12.9. The lowest BCUT2D eigenvalue weighted by atomic mass is 10.1. The predicted molar refractivity (Wildman–Crippen MR) is 68.8 cm³/mol. The molecule has 0 aliphatic rings. The quantitative estimate of drug-likeness (QED) is 0.273. The molecule has 0 aliphatic carbocycles. The minimum atomic E-state index is -6.38. The standard InChI is InChI=1S/C11H16F6O7S/c1-6(2)8(19)23-4-3-7(18)24-9(10(12,13)14,11(15,16)17)5-25(20,21)22/h6,8,19H,3-5H2,1-2H3,(H,20,21,22)/t8-/m0/s1. The van der Waals surface area contributed by atoms with Crippen molar-refractivity contribution in [2.24, 2.45) is 5.92 Å². The van der Waals surface area contributed by atoms with Gasteiger partial charge < -0.3 is 14.6 Å². The number of ether oxygens (including phenoxy) is 2. The highest BCUT2D eigenvalue weighted by Gasteiger charge is 2.75. The molecule has 0 fully saturated rings. The minimum absolute atomic E-state index is 0.472. The second-order valence-corrected chi connectivity index (χ2v) is 6.73. The molecule has 0 saturated carbocycles. The zero-order chi connectivity index (χ0) is 20.3. The summed E-state index contributed by atoms with van der Waals surface area (Å²) in [7, 11) is -5.83. The Kier molecular flexibility index (Phi) is 7.69. The molecule has 0 rings (SSSR count). The number of carbonyl (C=O) groups is 1. The summed E-state index contributed by atoms with van der Waals surface area (Å²) in [4.78, 5) is 11.3. The van der Waals surface area contributed by atoms with E-state index in [1.165, 1.54) is 13.8 Å². The van der Waals surface area contributed by atoms with Crippen molar-refractivity contribution in [2.75, 3.05) is 12.4 Å². The van der Waals surface area contributed by atoms with Crippen LogP contribution in [-0.2, 0) is 24.4 Å². The van der Waals surface area contributed by atoms with E-state index in [-0.39, 0.29) is 0 Å². The molecule has 150 valence electrons. The number of aliphatic hydroxyl groups is 1. The Morgan fingerprint density at radius 2 is 1.52 bits per heavy atom. The molecule has 0 saturated heterocycles. The zero-order valence-corrected chi connectivity index (χ0v) is 13.7. The molecule has 0 bridgehead atoms. The molecule has 0 spiro atoms. The third-order valence-corrected chi connectivity index (χ3v) is 3.53. The van der Waals surface area contributed by atoms with Gasteiger partial charge in [-0.25, -0.2) is 0 Å². The first-order valence-electron chi connectivity index (χ1n) is 6.53. The Morgan fingerprint density at radius 1 is 1.08 bits per heavy atom. The van der Waals surface area contributed by atoms with Gasteiger partial charge in [0.2, 0.25) is 0 Å². The fraction of sp³-hybridized carbons (Fsp3) is 0.909. The van der Waals surface area contributed by atoms with Gasteiger partial charge in [0, 0.05) is 5.92 Å². The summed E-state index contributed by atoms with van der Waals surface area (Å²) in [5.41, 5.74) is -5.44. The van der Waals surface area contributed by atoms with Crippen LogP contribution in [0.1, 0.15) is 20.3 Å². The van der Waals surface area contributed by atoms with Gasteiger partial charge in [0.1, 0.15) is 5.75 Å². The number of esters is 1. The van der Waals surface area contributed by atoms with Crippen molar-refractivity contribution in [3.05, 3.63) is 0 Å². The SMILES string of the molecule is CC(C)[C@@H](O)OCCC(=O)OC(CS(=O)(=O)O)(C(F)(F)F)C(F)(F)F. The third-order valence-electron chi connectivity index (χ3n) is 2.75. The fourth-order valence-electron chi connectivity index (χ4n) is 1.43. The van der Waals surface area contributed by atoms with Crippen LogP contribution >= 0.6 is 0 Å². The van der Waals surface area contributed by atoms with Crippen molar-refractivity contribution in [3.63, 3.8) is 0 Å². The molecule has 0 amide bonds. The molecule has 2 N–H and O–H groups in total. The van der Waals surface area contributed by atoms with E-state index in [2.05, 4.69) is 9.47 Å². The lowest BCUT2D eigenvalue weighted by Gasteiger charge is -2.35. The lowest BCUT2D eigenvalue weighted by molar-refractivity contribution is -0.361.